The summed E-state index contributed by atoms with van der Waals surface area (Å²) < 4.78 is 6.45. The van der Waals surface area contributed by atoms with Gasteiger partial charge in [0.15, 0.2) is 5.11 Å². The molecule has 3 heterocycles. The molecular formula is C24H24ClN3OS. The standard InChI is InChI=1S/C24H24ClN3OS/c1-15-9-10-16(25)14-18(15)20-11-12-21(29-20)23-22(19-8-4-5-13-26-19)27-24(30)28(23)17-6-2-3-7-17/h4-5,8-14,17,22-23H,2-3,6-7H2,1H3,(H,27,30). The van der Waals surface area contributed by atoms with Crippen LogP contribution in [0.5, 0.6) is 0 Å². The highest BCUT2D eigenvalue weighted by atomic mass is 35.5. The minimum Gasteiger partial charge on any atom is -0.459 e. The molecular weight excluding hydrogens is 414 g/mol. The van der Waals surface area contributed by atoms with Crippen LogP contribution in [0.4, 0.5) is 0 Å². The van der Waals surface area contributed by atoms with E-state index in [1.54, 1.807) is 0 Å². The Hall–Kier alpha value is -2.37. The molecule has 1 saturated carbocycles. The van der Waals surface area contributed by atoms with Crippen LogP contribution < -0.4 is 5.32 Å². The number of aryl methyl sites for hydroxylation is 1. The maximum atomic E-state index is 6.45. The minimum absolute atomic E-state index is 0.0243. The van der Waals surface area contributed by atoms with Crippen molar-refractivity contribution in [1.82, 2.24) is 15.2 Å². The average Bonchev–Trinajstić information content (AvgIpc) is 3.49. The Labute approximate surface area is 187 Å². The molecule has 2 aromatic heterocycles. The largest absolute Gasteiger partial charge is 0.459 e. The molecule has 1 N–H and O–H groups in total. The van der Waals surface area contributed by atoms with Crippen LogP contribution in [0.1, 0.15) is 54.8 Å². The lowest BCUT2D eigenvalue weighted by Crippen LogP contribution is -2.37. The predicted molar refractivity (Wildman–Crippen MR) is 123 cm³/mol. The quantitative estimate of drug-likeness (QED) is 0.491. The van der Waals surface area contributed by atoms with Crippen molar-refractivity contribution < 1.29 is 4.42 Å². The molecule has 2 atom stereocenters. The highest BCUT2D eigenvalue weighted by Gasteiger charge is 2.45. The summed E-state index contributed by atoms with van der Waals surface area (Å²) in [5.74, 6) is 1.73. The molecule has 4 nitrogen and oxygen atoms in total. The van der Waals surface area contributed by atoms with Crippen molar-refractivity contribution in [3.63, 3.8) is 0 Å². The fraction of sp³-hybridized carbons (Fsp3) is 0.333. The number of nitrogens with zero attached hydrogens (tertiary/aromatic N) is 2. The topological polar surface area (TPSA) is 41.3 Å². The van der Waals surface area contributed by atoms with Crippen molar-refractivity contribution in [2.45, 2.75) is 50.7 Å². The third-order valence-electron chi connectivity index (χ3n) is 6.24. The normalized spacial score (nSPS) is 21.9. The molecule has 0 amide bonds. The first-order valence-electron chi connectivity index (χ1n) is 10.5. The van der Waals surface area contributed by atoms with Gasteiger partial charge in [-0.3, -0.25) is 4.98 Å². The number of hydrogen-bond donors (Lipinski definition) is 1. The van der Waals surface area contributed by atoms with Crippen molar-refractivity contribution >= 4 is 28.9 Å². The van der Waals surface area contributed by atoms with Gasteiger partial charge in [0.2, 0.25) is 0 Å². The van der Waals surface area contributed by atoms with Crippen molar-refractivity contribution in [2.24, 2.45) is 0 Å². The van der Waals surface area contributed by atoms with Crippen LogP contribution in [0.25, 0.3) is 11.3 Å². The van der Waals surface area contributed by atoms with Gasteiger partial charge in [0.1, 0.15) is 17.6 Å². The van der Waals surface area contributed by atoms with Crippen molar-refractivity contribution in [1.29, 1.82) is 0 Å². The summed E-state index contributed by atoms with van der Waals surface area (Å²) in [5, 5.41) is 5.02. The summed E-state index contributed by atoms with van der Waals surface area (Å²) in [7, 11) is 0. The lowest BCUT2D eigenvalue weighted by Gasteiger charge is -2.31. The van der Waals surface area contributed by atoms with Crippen LogP contribution in [0.3, 0.4) is 0 Å². The van der Waals surface area contributed by atoms with E-state index < -0.39 is 0 Å². The summed E-state index contributed by atoms with van der Waals surface area (Å²) in [6.07, 6.45) is 6.65. The first-order chi connectivity index (χ1) is 14.6. The highest BCUT2D eigenvalue weighted by Crippen LogP contribution is 2.44. The van der Waals surface area contributed by atoms with Crippen molar-refractivity contribution in [3.8, 4) is 11.3 Å². The maximum absolute atomic E-state index is 6.45. The summed E-state index contributed by atoms with van der Waals surface area (Å²) in [5.41, 5.74) is 3.13. The zero-order valence-corrected chi connectivity index (χ0v) is 18.4. The van der Waals surface area contributed by atoms with Crippen LogP contribution in [-0.2, 0) is 0 Å². The number of thiocarbonyl (C=S) groups is 1. The molecule has 1 aliphatic carbocycles. The SMILES string of the molecule is Cc1ccc(Cl)cc1-c1ccc(C2C(c3ccccn3)NC(=S)N2C2CCCC2)o1. The lowest BCUT2D eigenvalue weighted by molar-refractivity contribution is 0.218. The zero-order chi connectivity index (χ0) is 20.7. The van der Waals surface area contributed by atoms with Gasteiger partial charge in [-0.2, -0.15) is 0 Å². The van der Waals surface area contributed by atoms with Crippen LogP contribution in [0.15, 0.2) is 59.1 Å². The highest BCUT2D eigenvalue weighted by molar-refractivity contribution is 7.80. The Morgan fingerprint density at radius 3 is 2.73 bits per heavy atom. The third kappa shape index (κ3) is 3.50. The van der Waals surface area contributed by atoms with Gasteiger partial charge in [0.05, 0.1) is 11.7 Å². The first-order valence-corrected chi connectivity index (χ1v) is 11.3. The Morgan fingerprint density at radius 2 is 1.97 bits per heavy atom. The molecule has 5 rings (SSSR count). The predicted octanol–water partition coefficient (Wildman–Crippen LogP) is 6.22. The Morgan fingerprint density at radius 1 is 1.13 bits per heavy atom. The fourth-order valence-electron chi connectivity index (χ4n) is 4.76. The zero-order valence-electron chi connectivity index (χ0n) is 16.8. The Kier molecular flexibility index (Phi) is 5.25. The number of aromatic nitrogens is 1. The molecule has 0 spiro atoms. The number of benzene rings is 1. The Bertz CT molecular complexity index is 1060. The average molecular weight is 438 g/mol. The van der Waals surface area contributed by atoms with Gasteiger partial charge < -0.3 is 14.6 Å². The molecule has 6 heteroatoms. The van der Waals surface area contributed by atoms with Gasteiger partial charge in [-0.1, -0.05) is 36.6 Å². The molecule has 30 heavy (non-hydrogen) atoms. The summed E-state index contributed by atoms with van der Waals surface area (Å²) in [6.45, 7) is 2.07. The molecule has 2 unspecified atom stereocenters. The van der Waals surface area contributed by atoms with E-state index in [-0.39, 0.29) is 12.1 Å². The molecule has 2 aliphatic rings. The molecule has 1 saturated heterocycles. The van der Waals surface area contributed by atoms with E-state index in [0.717, 1.165) is 46.3 Å². The molecule has 0 bridgehead atoms. The van der Waals surface area contributed by atoms with E-state index in [0.29, 0.717) is 11.1 Å². The second-order valence-corrected chi connectivity index (χ2v) is 8.96. The first kappa shape index (κ1) is 19.6. The van der Waals surface area contributed by atoms with Crippen LogP contribution in [-0.4, -0.2) is 21.0 Å². The minimum atomic E-state index is -0.0428. The number of rotatable bonds is 4. The fourth-order valence-corrected chi connectivity index (χ4v) is 5.32. The maximum Gasteiger partial charge on any atom is 0.170 e. The van der Waals surface area contributed by atoms with Crippen molar-refractivity contribution in [3.05, 3.63) is 76.8 Å². The monoisotopic (exact) mass is 437 g/mol. The molecule has 3 aromatic rings. The van der Waals surface area contributed by atoms with E-state index >= 15 is 0 Å². The number of nitrogens with one attached hydrogen (secondary N) is 1. The molecule has 0 radical (unpaired) electrons. The van der Waals surface area contributed by atoms with Crippen LogP contribution >= 0.6 is 23.8 Å². The van der Waals surface area contributed by atoms with Gasteiger partial charge in [-0.05, 0) is 73.9 Å². The van der Waals surface area contributed by atoms with Gasteiger partial charge >= 0.3 is 0 Å². The summed E-state index contributed by atoms with van der Waals surface area (Å²) in [6, 6.07) is 16.4. The van der Waals surface area contributed by atoms with Gasteiger partial charge in [0.25, 0.3) is 0 Å². The molecule has 1 aromatic carbocycles. The van der Waals surface area contributed by atoms with Gasteiger partial charge in [-0.15, -0.1) is 0 Å². The van der Waals surface area contributed by atoms with Crippen LogP contribution in [0, 0.1) is 6.92 Å². The third-order valence-corrected chi connectivity index (χ3v) is 6.80. The van der Waals surface area contributed by atoms with E-state index in [1.807, 2.05) is 42.6 Å². The molecule has 154 valence electrons. The number of furan rings is 1. The number of pyridine rings is 1. The Balaban J connectivity index is 1.56. The number of hydrogen-bond acceptors (Lipinski definition) is 3. The van der Waals surface area contributed by atoms with Crippen LogP contribution in [0.2, 0.25) is 5.02 Å². The molecule has 1 aliphatic heterocycles. The summed E-state index contributed by atoms with van der Waals surface area (Å²) in [4.78, 5) is 6.97. The second-order valence-electron chi connectivity index (χ2n) is 8.13. The lowest BCUT2D eigenvalue weighted by atomic mass is 10.0. The van der Waals surface area contributed by atoms with Gasteiger partial charge in [0, 0.05) is 22.8 Å². The van der Waals surface area contributed by atoms with E-state index in [2.05, 4.69) is 34.3 Å². The molecule has 2 fully saturated rings. The summed E-state index contributed by atoms with van der Waals surface area (Å²) >= 11 is 12.0. The smallest absolute Gasteiger partial charge is 0.170 e. The van der Waals surface area contributed by atoms with Gasteiger partial charge in [-0.25, -0.2) is 0 Å². The van der Waals surface area contributed by atoms with Crippen molar-refractivity contribution in [2.75, 3.05) is 0 Å². The van der Waals surface area contributed by atoms with E-state index in [4.69, 9.17) is 28.2 Å². The van der Waals surface area contributed by atoms with E-state index in [9.17, 15) is 0 Å². The van der Waals surface area contributed by atoms with E-state index in [1.165, 1.54) is 12.8 Å². The number of halogens is 1. The second kappa shape index (κ2) is 8.05.